The fourth-order valence-corrected chi connectivity index (χ4v) is 2.55. The number of carbonyl (C=O) groups excluding carboxylic acids is 1. The van der Waals surface area contributed by atoms with Crippen molar-refractivity contribution in [3.63, 3.8) is 0 Å². The average Bonchev–Trinajstić information content (AvgIpc) is 2.52. The van der Waals surface area contributed by atoms with Gasteiger partial charge in [0.05, 0.1) is 6.61 Å². The van der Waals surface area contributed by atoms with Gasteiger partial charge >= 0.3 is 0 Å². The number of nitrogens with one attached hydrogen (secondary N) is 1. The summed E-state index contributed by atoms with van der Waals surface area (Å²) in [6.07, 6.45) is 1.15. The van der Waals surface area contributed by atoms with E-state index in [1.54, 1.807) is 0 Å². The Morgan fingerprint density at radius 2 is 1.87 bits per heavy atom. The number of carbonyl (C=O) groups is 1. The lowest BCUT2D eigenvalue weighted by atomic mass is 9.98. The van der Waals surface area contributed by atoms with Gasteiger partial charge in [0.15, 0.2) is 0 Å². The van der Waals surface area contributed by atoms with Crippen molar-refractivity contribution in [1.29, 1.82) is 0 Å². The molecule has 0 unspecified atom stereocenters. The average molecular weight is 311 g/mol. The molecule has 2 aromatic rings. The van der Waals surface area contributed by atoms with Crippen LogP contribution in [0.2, 0.25) is 0 Å². The van der Waals surface area contributed by atoms with Gasteiger partial charge in [-0.1, -0.05) is 38.1 Å². The first kappa shape index (κ1) is 17.1. The number of anilines is 1. The molecule has 3 nitrogen and oxygen atoms in total. The minimum atomic E-state index is 0.0196. The number of hydrogen-bond acceptors (Lipinski definition) is 2. The van der Waals surface area contributed by atoms with E-state index in [-0.39, 0.29) is 5.91 Å². The summed E-state index contributed by atoms with van der Waals surface area (Å²) in [6, 6.07) is 15.7. The molecule has 0 saturated heterocycles. The Bertz CT molecular complexity index is 635. The van der Waals surface area contributed by atoms with Crippen molar-refractivity contribution in [3.8, 4) is 5.75 Å². The Hall–Kier alpha value is -2.29. The highest BCUT2D eigenvalue weighted by molar-refractivity contribution is 5.90. The predicted octanol–water partition coefficient (Wildman–Crippen LogP) is 4.92. The molecule has 0 radical (unpaired) electrons. The minimum absolute atomic E-state index is 0.0196. The van der Waals surface area contributed by atoms with Crippen molar-refractivity contribution >= 4 is 11.6 Å². The van der Waals surface area contributed by atoms with Crippen LogP contribution in [0.3, 0.4) is 0 Å². The van der Waals surface area contributed by atoms with E-state index < -0.39 is 0 Å². The largest absolute Gasteiger partial charge is 0.494 e. The van der Waals surface area contributed by atoms with Crippen molar-refractivity contribution < 1.29 is 9.53 Å². The number of ether oxygens (including phenoxy) is 1. The molecular weight excluding hydrogens is 286 g/mol. The molecule has 122 valence electrons. The molecule has 0 aromatic heterocycles. The predicted molar refractivity (Wildman–Crippen MR) is 95.1 cm³/mol. The molecule has 2 aromatic carbocycles. The van der Waals surface area contributed by atoms with Crippen LogP contribution >= 0.6 is 0 Å². The van der Waals surface area contributed by atoms with E-state index in [1.807, 2.05) is 36.4 Å². The first-order valence-electron chi connectivity index (χ1n) is 8.14. The Morgan fingerprint density at radius 3 is 2.52 bits per heavy atom. The summed E-state index contributed by atoms with van der Waals surface area (Å²) in [5, 5.41) is 2.88. The Balaban J connectivity index is 1.73. The summed E-state index contributed by atoms with van der Waals surface area (Å²) in [5.74, 6) is 1.41. The lowest BCUT2D eigenvalue weighted by Crippen LogP contribution is -2.12. The lowest BCUT2D eigenvalue weighted by molar-refractivity contribution is -0.116. The molecule has 0 fully saturated rings. The summed E-state index contributed by atoms with van der Waals surface area (Å²) < 4.78 is 5.74. The SMILES string of the molecule is Cc1cc(OCCCC(=O)Nc2ccccc2)ccc1C(C)C. The summed E-state index contributed by atoms with van der Waals surface area (Å²) in [6.45, 7) is 7.03. The van der Waals surface area contributed by atoms with Crippen LogP contribution in [0, 0.1) is 6.92 Å². The fourth-order valence-electron chi connectivity index (χ4n) is 2.55. The van der Waals surface area contributed by atoms with Crippen LogP contribution in [-0.2, 0) is 4.79 Å². The van der Waals surface area contributed by atoms with E-state index in [2.05, 4.69) is 38.2 Å². The van der Waals surface area contributed by atoms with Gasteiger partial charge < -0.3 is 10.1 Å². The monoisotopic (exact) mass is 311 g/mol. The molecule has 23 heavy (non-hydrogen) atoms. The first-order valence-corrected chi connectivity index (χ1v) is 8.14. The normalized spacial score (nSPS) is 10.6. The molecule has 0 heterocycles. The second-order valence-electron chi connectivity index (χ2n) is 6.04. The molecule has 1 amide bonds. The zero-order valence-electron chi connectivity index (χ0n) is 14.1. The third-order valence-electron chi connectivity index (χ3n) is 3.74. The van der Waals surface area contributed by atoms with E-state index >= 15 is 0 Å². The highest BCUT2D eigenvalue weighted by Crippen LogP contribution is 2.23. The van der Waals surface area contributed by atoms with Crippen LogP contribution in [0.4, 0.5) is 5.69 Å². The molecule has 0 aliphatic carbocycles. The summed E-state index contributed by atoms with van der Waals surface area (Å²) >= 11 is 0. The maximum atomic E-state index is 11.8. The van der Waals surface area contributed by atoms with Gasteiger partial charge in [-0.3, -0.25) is 4.79 Å². The summed E-state index contributed by atoms with van der Waals surface area (Å²) in [4.78, 5) is 11.8. The van der Waals surface area contributed by atoms with Gasteiger partial charge in [0, 0.05) is 12.1 Å². The van der Waals surface area contributed by atoms with Crippen molar-refractivity contribution in [1.82, 2.24) is 0 Å². The smallest absolute Gasteiger partial charge is 0.224 e. The second-order valence-corrected chi connectivity index (χ2v) is 6.04. The molecule has 0 spiro atoms. The number of benzene rings is 2. The van der Waals surface area contributed by atoms with Gasteiger partial charge in [-0.15, -0.1) is 0 Å². The van der Waals surface area contributed by atoms with Gasteiger partial charge in [0.25, 0.3) is 0 Å². The number of para-hydroxylation sites is 1. The van der Waals surface area contributed by atoms with Crippen LogP contribution in [0.1, 0.15) is 43.7 Å². The summed E-state index contributed by atoms with van der Waals surface area (Å²) in [5.41, 5.74) is 3.43. The van der Waals surface area contributed by atoms with Crippen LogP contribution in [-0.4, -0.2) is 12.5 Å². The van der Waals surface area contributed by atoms with E-state index in [0.717, 1.165) is 11.4 Å². The van der Waals surface area contributed by atoms with Gasteiger partial charge in [0.2, 0.25) is 5.91 Å². The molecule has 1 N–H and O–H groups in total. The molecular formula is C20H25NO2. The van der Waals surface area contributed by atoms with E-state index in [0.29, 0.717) is 25.4 Å². The molecule has 0 aliphatic heterocycles. The highest BCUT2D eigenvalue weighted by Gasteiger charge is 2.05. The first-order chi connectivity index (χ1) is 11.1. The number of amides is 1. The highest BCUT2D eigenvalue weighted by atomic mass is 16.5. The minimum Gasteiger partial charge on any atom is -0.494 e. The molecule has 0 bridgehead atoms. The maximum Gasteiger partial charge on any atom is 0.224 e. The quantitative estimate of drug-likeness (QED) is 0.737. The van der Waals surface area contributed by atoms with Crippen molar-refractivity contribution in [2.45, 2.75) is 39.5 Å². The van der Waals surface area contributed by atoms with Crippen molar-refractivity contribution in [3.05, 3.63) is 59.7 Å². The molecule has 3 heteroatoms. The van der Waals surface area contributed by atoms with Crippen LogP contribution in [0.5, 0.6) is 5.75 Å². The van der Waals surface area contributed by atoms with E-state index in [4.69, 9.17) is 4.74 Å². The fraction of sp³-hybridized carbons (Fsp3) is 0.350. The topological polar surface area (TPSA) is 38.3 Å². The van der Waals surface area contributed by atoms with E-state index in [9.17, 15) is 4.79 Å². The zero-order chi connectivity index (χ0) is 16.7. The third kappa shape index (κ3) is 5.44. The zero-order valence-corrected chi connectivity index (χ0v) is 14.1. The summed E-state index contributed by atoms with van der Waals surface area (Å²) in [7, 11) is 0. The van der Waals surface area contributed by atoms with E-state index in [1.165, 1.54) is 11.1 Å². The van der Waals surface area contributed by atoms with Crippen molar-refractivity contribution in [2.24, 2.45) is 0 Å². The van der Waals surface area contributed by atoms with Gasteiger partial charge in [-0.25, -0.2) is 0 Å². The Kier molecular flexibility index (Phi) is 6.21. The maximum absolute atomic E-state index is 11.8. The second kappa shape index (κ2) is 8.37. The van der Waals surface area contributed by atoms with Crippen LogP contribution < -0.4 is 10.1 Å². The molecule has 0 aliphatic rings. The molecule has 0 saturated carbocycles. The van der Waals surface area contributed by atoms with Crippen LogP contribution in [0.15, 0.2) is 48.5 Å². The third-order valence-corrected chi connectivity index (χ3v) is 3.74. The lowest BCUT2D eigenvalue weighted by Gasteiger charge is -2.12. The number of hydrogen-bond donors (Lipinski definition) is 1. The van der Waals surface area contributed by atoms with Gasteiger partial charge in [-0.05, 0) is 54.7 Å². The Morgan fingerprint density at radius 1 is 1.13 bits per heavy atom. The van der Waals surface area contributed by atoms with Crippen molar-refractivity contribution in [2.75, 3.05) is 11.9 Å². The number of rotatable bonds is 7. The molecule has 2 rings (SSSR count). The van der Waals surface area contributed by atoms with Gasteiger partial charge in [0.1, 0.15) is 5.75 Å². The Labute approximate surface area is 138 Å². The van der Waals surface area contributed by atoms with Crippen LogP contribution in [0.25, 0.3) is 0 Å². The molecule has 0 atom stereocenters. The standard InChI is InChI=1S/C20H25NO2/c1-15(2)19-12-11-18(14-16(19)3)23-13-7-10-20(22)21-17-8-5-4-6-9-17/h4-6,8-9,11-12,14-15H,7,10,13H2,1-3H3,(H,21,22). The van der Waals surface area contributed by atoms with Gasteiger partial charge in [-0.2, -0.15) is 0 Å². The number of aryl methyl sites for hydroxylation is 1.